The van der Waals surface area contributed by atoms with Gasteiger partial charge >= 0.3 is 0 Å². The third kappa shape index (κ3) is 2.95. The number of pyridine rings is 1. The van der Waals surface area contributed by atoms with Crippen LogP contribution in [0.2, 0.25) is 0 Å². The maximum atomic E-state index is 13.0. The molecule has 1 aliphatic carbocycles. The van der Waals surface area contributed by atoms with Gasteiger partial charge < -0.3 is 23.5 Å². The number of ether oxygens (including phenoxy) is 4. The molecule has 0 amide bonds. The van der Waals surface area contributed by atoms with Crippen LogP contribution in [-0.4, -0.2) is 33.0 Å². The van der Waals surface area contributed by atoms with Crippen LogP contribution in [0.5, 0.6) is 23.0 Å². The number of aromatic nitrogens is 1. The molecule has 4 rings (SSSR count). The molecule has 6 heteroatoms. The lowest BCUT2D eigenvalue weighted by Crippen LogP contribution is -2.20. The standard InChI is InChI=1S/C22H23NO5/c1-25-17-8-5-13(9-18(17)26-2)22-16-12-20(28-4)19(27-3)10-14(16)11-21(24)23(22)15-6-7-15/h5,8-12,15H,6-7H2,1-4H3. The third-order valence-electron chi connectivity index (χ3n) is 5.14. The van der Waals surface area contributed by atoms with E-state index in [2.05, 4.69) is 0 Å². The monoisotopic (exact) mass is 381 g/mol. The van der Waals surface area contributed by atoms with Crippen molar-refractivity contribution in [3.05, 3.63) is 46.8 Å². The Kier molecular flexibility index (Phi) is 4.63. The summed E-state index contributed by atoms with van der Waals surface area (Å²) in [4.78, 5) is 13.0. The predicted octanol–water partition coefficient (Wildman–Crippen LogP) is 4.04. The molecular formula is C22H23NO5. The van der Waals surface area contributed by atoms with Gasteiger partial charge in [0, 0.05) is 23.1 Å². The first-order valence-electron chi connectivity index (χ1n) is 9.15. The summed E-state index contributed by atoms with van der Waals surface area (Å²) < 4.78 is 23.7. The summed E-state index contributed by atoms with van der Waals surface area (Å²) in [5.74, 6) is 2.48. The summed E-state index contributed by atoms with van der Waals surface area (Å²) in [6.07, 6.45) is 2.00. The first-order valence-corrected chi connectivity index (χ1v) is 9.15. The number of fused-ring (bicyclic) bond motifs is 1. The SMILES string of the molecule is COc1ccc(-c2c3cc(OC)c(OC)cc3cc(=O)n2C2CC2)cc1OC. The van der Waals surface area contributed by atoms with E-state index in [4.69, 9.17) is 18.9 Å². The zero-order valence-electron chi connectivity index (χ0n) is 16.4. The number of rotatable bonds is 6. The molecule has 1 aromatic heterocycles. The van der Waals surface area contributed by atoms with E-state index < -0.39 is 0 Å². The lowest BCUT2D eigenvalue weighted by Gasteiger charge is -2.18. The van der Waals surface area contributed by atoms with Gasteiger partial charge in [-0.2, -0.15) is 0 Å². The summed E-state index contributed by atoms with van der Waals surface area (Å²) >= 11 is 0. The van der Waals surface area contributed by atoms with Gasteiger partial charge in [0.1, 0.15) is 0 Å². The van der Waals surface area contributed by atoms with Crippen LogP contribution in [-0.2, 0) is 0 Å². The smallest absolute Gasteiger partial charge is 0.251 e. The van der Waals surface area contributed by atoms with Crippen molar-refractivity contribution in [1.29, 1.82) is 0 Å². The van der Waals surface area contributed by atoms with Crippen LogP contribution in [0, 0.1) is 0 Å². The number of nitrogens with zero attached hydrogens (tertiary/aromatic N) is 1. The van der Waals surface area contributed by atoms with Gasteiger partial charge in [0.25, 0.3) is 5.56 Å². The van der Waals surface area contributed by atoms with Crippen LogP contribution in [0.4, 0.5) is 0 Å². The summed E-state index contributed by atoms with van der Waals surface area (Å²) in [5, 5.41) is 1.74. The van der Waals surface area contributed by atoms with Crippen molar-refractivity contribution in [1.82, 2.24) is 4.57 Å². The minimum atomic E-state index is -0.0213. The minimum Gasteiger partial charge on any atom is -0.493 e. The number of methoxy groups -OCH3 is 4. The molecule has 146 valence electrons. The summed E-state index contributed by atoms with van der Waals surface area (Å²) in [6, 6.07) is 11.4. The van der Waals surface area contributed by atoms with E-state index in [9.17, 15) is 4.79 Å². The highest BCUT2D eigenvalue weighted by Crippen LogP contribution is 2.43. The number of benzene rings is 2. The molecule has 0 bridgehead atoms. The van der Waals surface area contributed by atoms with Gasteiger partial charge in [0.05, 0.1) is 34.1 Å². The van der Waals surface area contributed by atoms with E-state index in [1.807, 2.05) is 34.9 Å². The fourth-order valence-corrected chi connectivity index (χ4v) is 3.64. The lowest BCUT2D eigenvalue weighted by atomic mass is 10.0. The average Bonchev–Trinajstić information content (AvgIpc) is 3.56. The Morgan fingerprint density at radius 1 is 0.786 bits per heavy atom. The van der Waals surface area contributed by atoms with Crippen LogP contribution in [0.15, 0.2) is 41.2 Å². The highest BCUT2D eigenvalue weighted by molar-refractivity contribution is 5.97. The van der Waals surface area contributed by atoms with E-state index >= 15 is 0 Å². The predicted molar refractivity (Wildman–Crippen MR) is 108 cm³/mol. The largest absolute Gasteiger partial charge is 0.493 e. The van der Waals surface area contributed by atoms with Crippen molar-refractivity contribution < 1.29 is 18.9 Å². The Bertz CT molecular complexity index is 1100. The molecule has 1 heterocycles. The van der Waals surface area contributed by atoms with E-state index in [1.54, 1.807) is 34.5 Å². The molecule has 3 aromatic rings. The Balaban J connectivity index is 2.07. The summed E-state index contributed by atoms with van der Waals surface area (Å²) in [6.45, 7) is 0. The first kappa shape index (κ1) is 18.2. The number of hydrogen-bond donors (Lipinski definition) is 0. The maximum absolute atomic E-state index is 13.0. The molecule has 2 aromatic carbocycles. The van der Waals surface area contributed by atoms with Crippen molar-refractivity contribution in [3.63, 3.8) is 0 Å². The van der Waals surface area contributed by atoms with Crippen molar-refractivity contribution in [2.75, 3.05) is 28.4 Å². The molecule has 0 atom stereocenters. The summed E-state index contributed by atoms with van der Waals surface area (Å²) in [7, 11) is 6.40. The van der Waals surface area contributed by atoms with Crippen LogP contribution >= 0.6 is 0 Å². The summed E-state index contributed by atoms with van der Waals surface area (Å²) in [5.41, 5.74) is 1.72. The van der Waals surface area contributed by atoms with Crippen LogP contribution in [0.3, 0.4) is 0 Å². The van der Waals surface area contributed by atoms with E-state index in [1.165, 1.54) is 0 Å². The Morgan fingerprint density at radius 3 is 2.00 bits per heavy atom. The Morgan fingerprint density at radius 2 is 1.39 bits per heavy atom. The van der Waals surface area contributed by atoms with Crippen molar-refractivity contribution in [2.45, 2.75) is 18.9 Å². The van der Waals surface area contributed by atoms with Crippen LogP contribution in [0.25, 0.3) is 22.0 Å². The average molecular weight is 381 g/mol. The van der Waals surface area contributed by atoms with Crippen LogP contribution < -0.4 is 24.5 Å². The fourth-order valence-electron chi connectivity index (χ4n) is 3.64. The molecule has 1 saturated carbocycles. The normalized spacial score (nSPS) is 13.4. The molecule has 0 radical (unpaired) electrons. The van der Waals surface area contributed by atoms with Gasteiger partial charge in [-0.3, -0.25) is 4.79 Å². The van der Waals surface area contributed by atoms with Gasteiger partial charge in [0.2, 0.25) is 0 Å². The van der Waals surface area contributed by atoms with Crippen LogP contribution in [0.1, 0.15) is 18.9 Å². The van der Waals surface area contributed by atoms with Crippen molar-refractivity contribution in [3.8, 4) is 34.3 Å². The Labute approximate surface area is 163 Å². The highest BCUT2D eigenvalue weighted by Gasteiger charge is 2.29. The van der Waals surface area contributed by atoms with Gasteiger partial charge in [0.15, 0.2) is 23.0 Å². The van der Waals surface area contributed by atoms with Gasteiger partial charge in [-0.15, -0.1) is 0 Å². The lowest BCUT2D eigenvalue weighted by molar-refractivity contribution is 0.355. The molecule has 1 aliphatic rings. The zero-order valence-corrected chi connectivity index (χ0v) is 16.4. The fraction of sp³-hybridized carbons (Fsp3) is 0.318. The van der Waals surface area contributed by atoms with Gasteiger partial charge in [-0.05, 0) is 48.6 Å². The molecule has 1 fully saturated rings. The van der Waals surface area contributed by atoms with Crippen molar-refractivity contribution in [2.24, 2.45) is 0 Å². The van der Waals surface area contributed by atoms with E-state index in [0.717, 1.165) is 34.9 Å². The van der Waals surface area contributed by atoms with Gasteiger partial charge in [-0.1, -0.05) is 0 Å². The Hall–Kier alpha value is -3.15. The second kappa shape index (κ2) is 7.11. The molecule has 0 unspecified atom stereocenters. The third-order valence-corrected chi connectivity index (χ3v) is 5.14. The first-order chi connectivity index (χ1) is 13.6. The number of hydrogen-bond acceptors (Lipinski definition) is 5. The molecule has 0 aliphatic heterocycles. The van der Waals surface area contributed by atoms with E-state index in [-0.39, 0.29) is 11.6 Å². The van der Waals surface area contributed by atoms with Crippen molar-refractivity contribution >= 4 is 10.8 Å². The highest BCUT2D eigenvalue weighted by atomic mass is 16.5. The van der Waals surface area contributed by atoms with Gasteiger partial charge in [-0.25, -0.2) is 0 Å². The second-order valence-electron chi connectivity index (χ2n) is 6.80. The quantitative estimate of drug-likeness (QED) is 0.645. The molecule has 0 spiro atoms. The van der Waals surface area contributed by atoms with E-state index in [0.29, 0.717) is 23.0 Å². The molecule has 0 saturated heterocycles. The molecular weight excluding hydrogens is 358 g/mol. The molecule has 28 heavy (non-hydrogen) atoms. The minimum absolute atomic E-state index is 0.0213. The second-order valence-corrected chi connectivity index (χ2v) is 6.80. The molecule has 6 nitrogen and oxygen atoms in total. The maximum Gasteiger partial charge on any atom is 0.251 e. The zero-order chi connectivity index (χ0) is 19.8. The molecule has 0 N–H and O–H groups in total. The topological polar surface area (TPSA) is 58.9 Å².